The maximum absolute atomic E-state index is 11.0. The molecule has 14 heavy (non-hydrogen) atoms. The summed E-state index contributed by atoms with van der Waals surface area (Å²) in [6.45, 7) is 4.14. The first kappa shape index (κ1) is 9.21. The van der Waals surface area contributed by atoms with Crippen LogP contribution in [0.1, 0.15) is 24.6 Å². The number of hydrogen-bond acceptors (Lipinski definition) is 3. The lowest BCUT2D eigenvalue weighted by Crippen LogP contribution is -2.28. The lowest BCUT2D eigenvalue weighted by Gasteiger charge is -1.95. The van der Waals surface area contributed by atoms with Crippen LogP contribution < -0.4 is 11.1 Å². The van der Waals surface area contributed by atoms with E-state index in [0.717, 1.165) is 9.71 Å². The number of fused-ring (bicyclic) bond motifs is 1. The highest BCUT2D eigenvalue weighted by molar-refractivity contribution is 7.18. The highest BCUT2D eigenvalue weighted by atomic mass is 32.1. The normalized spacial score (nSPS) is 11.4. The zero-order chi connectivity index (χ0) is 10.3. The van der Waals surface area contributed by atoms with E-state index in [1.165, 1.54) is 11.3 Å². The summed E-state index contributed by atoms with van der Waals surface area (Å²) in [6, 6.07) is 1.90. The first-order valence-corrected chi connectivity index (χ1v) is 5.15. The second-order valence-corrected chi connectivity index (χ2v) is 4.54. The smallest absolute Gasteiger partial charge is 0.314 e. The maximum atomic E-state index is 11.0. The molecule has 0 aliphatic carbocycles. The molecule has 0 spiro atoms. The fraction of sp³-hybridized carbons (Fsp3) is 0.333. The zero-order valence-electron chi connectivity index (χ0n) is 7.88. The Morgan fingerprint density at radius 3 is 2.50 bits per heavy atom. The van der Waals surface area contributed by atoms with E-state index in [4.69, 9.17) is 0 Å². The molecule has 2 aromatic heterocycles. The van der Waals surface area contributed by atoms with Crippen molar-refractivity contribution in [2.45, 2.75) is 19.8 Å². The van der Waals surface area contributed by atoms with Crippen LogP contribution in [0, 0.1) is 0 Å². The minimum absolute atomic E-state index is 0.402. The van der Waals surface area contributed by atoms with Crippen LogP contribution in [0.2, 0.25) is 0 Å². The van der Waals surface area contributed by atoms with Crippen molar-refractivity contribution in [1.82, 2.24) is 9.97 Å². The number of aromatic nitrogens is 2. The molecule has 0 aliphatic rings. The number of aromatic amines is 2. The van der Waals surface area contributed by atoms with Crippen LogP contribution in [0.15, 0.2) is 15.7 Å². The summed E-state index contributed by atoms with van der Waals surface area (Å²) in [5, 5.41) is 0. The monoisotopic (exact) mass is 210 g/mol. The Hall–Kier alpha value is -1.36. The largest absolute Gasteiger partial charge is 0.315 e. The lowest BCUT2D eigenvalue weighted by atomic mass is 10.2. The van der Waals surface area contributed by atoms with Gasteiger partial charge in [-0.2, -0.15) is 0 Å². The highest BCUT2D eigenvalue weighted by Crippen LogP contribution is 2.26. The van der Waals surface area contributed by atoms with Gasteiger partial charge in [-0.3, -0.25) is 9.59 Å². The van der Waals surface area contributed by atoms with Gasteiger partial charge in [0, 0.05) is 4.88 Å². The van der Waals surface area contributed by atoms with E-state index in [9.17, 15) is 9.59 Å². The molecular weight excluding hydrogens is 200 g/mol. The summed E-state index contributed by atoms with van der Waals surface area (Å²) in [5.74, 6) is 0.402. The molecule has 0 fully saturated rings. The summed E-state index contributed by atoms with van der Waals surface area (Å²) in [6.07, 6.45) is 0. The molecule has 2 N–H and O–H groups in total. The molecule has 2 aromatic rings. The quantitative estimate of drug-likeness (QED) is 0.699. The van der Waals surface area contributed by atoms with Crippen molar-refractivity contribution in [2.75, 3.05) is 0 Å². The fourth-order valence-corrected chi connectivity index (χ4v) is 2.23. The van der Waals surface area contributed by atoms with Crippen LogP contribution >= 0.6 is 11.3 Å². The van der Waals surface area contributed by atoms with E-state index in [1.54, 1.807) is 0 Å². The minimum atomic E-state index is -0.592. The van der Waals surface area contributed by atoms with Gasteiger partial charge >= 0.3 is 11.1 Å². The van der Waals surface area contributed by atoms with E-state index in [0.29, 0.717) is 11.4 Å². The Bertz CT molecular complexity index is 529. The van der Waals surface area contributed by atoms with Gasteiger partial charge in [-0.15, -0.1) is 11.3 Å². The van der Waals surface area contributed by atoms with Crippen molar-refractivity contribution >= 4 is 21.7 Å². The molecule has 2 heterocycles. The third-order valence-corrected chi connectivity index (χ3v) is 3.35. The lowest BCUT2D eigenvalue weighted by molar-refractivity contribution is 0.890. The molecular formula is C9H10N2O2S. The van der Waals surface area contributed by atoms with Crippen LogP contribution in [0.3, 0.4) is 0 Å². The molecule has 5 heteroatoms. The standard InChI is InChI=1S/C9H10N2O2S/c1-4(2)6-3-5-9(14-6)11-8(13)7(12)10-5/h3-4H,1-2H3,(H,10,12)(H,11,13). The van der Waals surface area contributed by atoms with Crippen LogP contribution in [0.5, 0.6) is 0 Å². The second kappa shape index (κ2) is 3.09. The number of thiophene rings is 1. The Morgan fingerprint density at radius 2 is 1.86 bits per heavy atom. The summed E-state index contributed by atoms with van der Waals surface area (Å²) >= 11 is 1.50. The number of H-pyrrole nitrogens is 2. The average molecular weight is 210 g/mol. The van der Waals surface area contributed by atoms with Gasteiger partial charge < -0.3 is 9.97 Å². The van der Waals surface area contributed by atoms with E-state index >= 15 is 0 Å². The Morgan fingerprint density at radius 1 is 1.21 bits per heavy atom. The van der Waals surface area contributed by atoms with Gasteiger partial charge in [0.15, 0.2) is 0 Å². The number of hydrogen-bond donors (Lipinski definition) is 2. The summed E-state index contributed by atoms with van der Waals surface area (Å²) < 4.78 is 0. The van der Waals surface area contributed by atoms with Crippen LogP contribution in [-0.2, 0) is 0 Å². The van der Waals surface area contributed by atoms with Gasteiger partial charge in [-0.25, -0.2) is 0 Å². The summed E-state index contributed by atoms with van der Waals surface area (Å²) in [5.41, 5.74) is -0.469. The first-order valence-electron chi connectivity index (χ1n) is 4.34. The van der Waals surface area contributed by atoms with Gasteiger partial charge in [0.1, 0.15) is 4.83 Å². The van der Waals surface area contributed by atoms with Gasteiger partial charge in [-0.1, -0.05) is 13.8 Å². The minimum Gasteiger partial charge on any atom is -0.315 e. The third kappa shape index (κ3) is 1.39. The third-order valence-electron chi connectivity index (χ3n) is 2.00. The predicted molar refractivity (Wildman–Crippen MR) is 57.2 cm³/mol. The van der Waals surface area contributed by atoms with E-state index < -0.39 is 11.1 Å². The van der Waals surface area contributed by atoms with Crippen LogP contribution in [-0.4, -0.2) is 9.97 Å². The Balaban J connectivity index is 2.78. The molecule has 0 bridgehead atoms. The Labute approximate surface area is 83.6 Å². The molecule has 0 radical (unpaired) electrons. The molecule has 0 amide bonds. The van der Waals surface area contributed by atoms with Crippen molar-refractivity contribution in [2.24, 2.45) is 0 Å². The molecule has 0 atom stereocenters. The van der Waals surface area contributed by atoms with Crippen molar-refractivity contribution in [3.05, 3.63) is 31.7 Å². The van der Waals surface area contributed by atoms with Crippen molar-refractivity contribution in [3.63, 3.8) is 0 Å². The maximum Gasteiger partial charge on any atom is 0.314 e. The fourth-order valence-electron chi connectivity index (χ4n) is 1.22. The zero-order valence-corrected chi connectivity index (χ0v) is 8.70. The first-order chi connectivity index (χ1) is 6.58. The molecule has 2 rings (SSSR count). The van der Waals surface area contributed by atoms with Crippen molar-refractivity contribution in [3.8, 4) is 0 Å². The number of nitrogens with one attached hydrogen (secondary N) is 2. The van der Waals surface area contributed by atoms with Crippen molar-refractivity contribution in [1.29, 1.82) is 0 Å². The van der Waals surface area contributed by atoms with Gasteiger partial charge in [0.2, 0.25) is 0 Å². The molecule has 0 unspecified atom stereocenters. The SMILES string of the molecule is CC(C)c1cc2[nH]c(=O)c(=O)[nH]c2s1. The molecule has 0 aromatic carbocycles. The molecule has 0 saturated carbocycles. The highest BCUT2D eigenvalue weighted by Gasteiger charge is 2.07. The van der Waals surface area contributed by atoms with Gasteiger partial charge in [0.05, 0.1) is 5.52 Å². The average Bonchev–Trinajstić information content (AvgIpc) is 2.48. The molecule has 0 saturated heterocycles. The van der Waals surface area contributed by atoms with E-state index in [1.807, 2.05) is 6.07 Å². The van der Waals surface area contributed by atoms with E-state index in [-0.39, 0.29) is 0 Å². The molecule has 0 aliphatic heterocycles. The van der Waals surface area contributed by atoms with Crippen molar-refractivity contribution < 1.29 is 0 Å². The summed E-state index contributed by atoms with van der Waals surface area (Å²) in [7, 11) is 0. The molecule has 4 nitrogen and oxygen atoms in total. The second-order valence-electron chi connectivity index (χ2n) is 3.45. The van der Waals surface area contributed by atoms with Gasteiger partial charge in [0.25, 0.3) is 0 Å². The summed E-state index contributed by atoms with van der Waals surface area (Å²) in [4.78, 5) is 29.0. The number of rotatable bonds is 1. The topological polar surface area (TPSA) is 65.7 Å². The van der Waals surface area contributed by atoms with E-state index in [2.05, 4.69) is 23.8 Å². The van der Waals surface area contributed by atoms with Crippen LogP contribution in [0.25, 0.3) is 10.3 Å². The molecule has 74 valence electrons. The Kier molecular flexibility index (Phi) is 2.03. The predicted octanol–water partition coefficient (Wildman–Crippen LogP) is 1.40. The van der Waals surface area contributed by atoms with Gasteiger partial charge in [-0.05, 0) is 12.0 Å². The van der Waals surface area contributed by atoms with Crippen LogP contribution in [0.4, 0.5) is 0 Å².